The van der Waals surface area contributed by atoms with Crippen molar-refractivity contribution in [3.8, 4) is 0 Å². The van der Waals surface area contributed by atoms with E-state index in [1.165, 1.54) is 0 Å². The minimum Gasteiger partial charge on any atom is -0.461 e. The average molecular weight is 286 g/mol. The maximum atomic E-state index is 11.3. The van der Waals surface area contributed by atoms with Crippen LogP contribution >= 0.6 is 37.6 Å². The quantitative estimate of drug-likeness (QED) is 0.506. The summed E-state index contributed by atoms with van der Waals surface area (Å²) in [6.07, 6.45) is 0. The zero-order valence-electron chi connectivity index (χ0n) is 8.69. The first kappa shape index (κ1) is 15.4. The number of nitrogens with zero attached hydrogens (tertiary/aromatic N) is 2. The summed E-state index contributed by atoms with van der Waals surface area (Å²) in [6.45, 7) is 2.06. The van der Waals surface area contributed by atoms with E-state index >= 15 is 0 Å². The predicted octanol–water partition coefficient (Wildman–Crippen LogP) is 1.87. The van der Waals surface area contributed by atoms with Gasteiger partial charge in [-0.2, -0.15) is 22.3 Å². The number of aromatic amines is 1. The lowest BCUT2D eigenvalue weighted by atomic mass is 10.4. The molecule has 0 atom stereocenters. The summed E-state index contributed by atoms with van der Waals surface area (Å²) < 4.78 is 10.7. The Labute approximate surface area is 110 Å². The molecule has 0 saturated heterocycles. The van der Waals surface area contributed by atoms with Crippen LogP contribution in [0.5, 0.6) is 0 Å². The summed E-state index contributed by atoms with van der Waals surface area (Å²) in [5.41, 5.74) is 0.286. The van der Waals surface area contributed by atoms with E-state index in [1.54, 1.807) is 24.3 Å². The molecule has 0 saturated carbocycles. The number of aromatic nitrogens is 2. The first-order valence-corrected chi connectivity index (χ1v) is 5.11. The number of nitrogens with one attached hydrogen (secondary N) is 1. The smallest absolute Gasteiger partial charge is 0.356 e. The van der Waals surface area contributed by atoms with Gasteiger partial charge in [-0.05, 0) is 6.92 Å². The fraction of sp³-hybridized carbons (Fsp3) is 0.429. The number of anilines is 1. The maximum Gasteiger partial charge on any atom is 0.356 e. The van der Waals surface area contributed by atoms with Crippen LogP contribution in [0.15, 0.2) is 6.07 Å². The van der Waals surface area contributed by atoms with Gasteiger partial charge in [0.1, 0.15) is 17.9 Å². The SMILES string of the molecule is CCOC(=O)c1cc(N(C)SOCl)n[nH]1.S. The zero-order valence-corrected chi connectivity index (χ0v) is 11.3. The highest BCUT2D eigenvalue weighted by Gasteiger charge is 2.13. The number of hydrogen-bond acceptors (Lipinski definition) is 6. The second kappa shape index (κ2) is 7.66. The van der Waals surface area contributed by atoms with Gasteiger partial charge in [0, 0.05) is 13.1 Å². The van der Waals surface area contributed by atoms with E-state index in [2.05, 4.69) is 13.9 Å². The molecule has 16 heavy (non-hydrogen) atoms. The fourth-order valence-corrected chi connectivity index (χ4v) is 1.37. The molecule has 1 heterocycles. The Morgan fingerprint density at radius 2 is 2.44 bits per heavy atom. The number of hydrogen-bond donors (Lipinski definition) is 1. The van der Waals surface area contributed by atoms with Gasteiger partial charge < -0.3 is 4.74 Å². The number of carbonyl (C=O) groups is 1. The molecule has 1 aromatic heterocycles. The van der Waals surface area contributed by atoms with E-state index in [-0.39, 0.29) is 19.2 Å². The molecule has 0 fully saturated rings. The topological polar surface area (TPSA) is 67.4 Å². The summed E-state index contributed by atoms with van der Waals surface area (Å²) >= 11 is 5.94. The van der Waals surface area contributed by atoms with Crippen molar-refractivity contribution in [3.05, 3.63) is 11.8 Å². The van der Waals surface area contributed by atoms with Crippen LogP contribution in [0.1, 0.15) is 17.4 Å². The predicted molar refractivity (Wildman–Crippen MR) is 67.9 cm³/mol. The number of halogens is 1. The number of rotatable bonds is 5. The lowest BCUT2D eigenvalue weighted by molar-refractivity contribution is 0.0519. The molecule has 9 heteroatoms. The first-order valence-electron chi connectivity index (χ1n) is 4.10. The molecule has 0 aromatic carbocycles. The number of H-pyrrole nitrogens is 1. The van der Waals surface area contributed by atoms with Crippen molar-refractivity contribution in [1.82, 2.24) is 10.2 Å². The van der Waals surface area contributed by atoms with Crippen LogP contribution in [0, 0.1) is 0 Å². The Hall–Kier alpha value is -0.570. The Kier molecular flexibility index (Phi) is 7.39. The molecular formula is C7H12ClN3O3S2. The molecule has 1 N–H and O–H groups in total. The molecule has 0 unspecified atom stereocenters. The molecular weight excluding hydrogens is 274 g/mol. The van der Waals surface area contributed by atoms with Gasteiger partial charge in [0.25, 0.3) is 0 Å². The number of carbonyl (C=O) groups excluding carboxylic acids is 1. The minimum absolute atomic E-state index is 0. The summed E-state index contributed by atoms with van der Waals surface area (Å²) in [5.74, 6) is 0.0742. The fourth-order valence-electron chi connectivity index (χ4n) is 0.866. The number of ether oxygens (including phenoxy) is 1. The first-order chi connectivity index (χ1) is 7.19. The van der Waals surface area contributed by atoms with Gasteiger partial charge in [0.2, 0.25) is 0 Å². The standard InChI is InChI=1S/C7H10ClN3O3S.H2S/c1-3-13-7(12)5-4-6(10-9-5)11(2)15-14-8;/h4H,3H2,1-2H3,(H,9,10);1H2. The molecule has 0 spiro atoms. The van der Waals surface area contributed by atoms with E-state index in [4.69, 9.17) is 16.6 Å². The summed E-state index contributed by atoms with van der Waals surface area (Å²) in [6, 6.07) is 1.54. The molecule has 6 nitrogen and oxygen atoms in total. The lowest BCUT2D eigenvalue weighted by Gasteiger charge is -2.08. The third-order valence-corrected chi connectivity index (χ3v) is 2.16. The lowest BCUT2D eigenvalue weighted by Crippen LogP contribution is -2.06. The molecule has 0 aliphatic carbocycles. The average Bonchev–Trinajstić information content (AvgIpc) is 2.67. The van der Waals surface area contributed by atoms with Crippen LogP contribution in [0.2, 0.25) is 0 Å². The largest absolute Gasteiger partial charge is 0.461 e. The van der Waals surface area contributed by atoms with E-state index in [0.717, 1.165) is 12.2 Å². The van der Waals surface area contributed by atoms with Crippen molar-refractivity contribution in [2.45, 2.75) is 6.92 Å². The Morgan fingerprint density at radius 1 is 1.75 bits per heavy atom. The third kappa shape index (κ3) is 4.12. The molecule has 1 rings (SSSR count). The molecule has 0 aliphatic heterocycles. The molecule has 0 radical (unpaired) electrons. The van der Waals surface area contributed by atoms with Gasteiger partial charge in [-0.1, -0.05) is 0 Å². The zero-order chi connectivity index (χ0) is 11.3. The Morgan fingerprint density at radius 3 is 3.00 bits per heavy atom. The Bertz CT molecular complexity index is 336. The van der Waals surface area contributed by atoms with Crippen LogP contribution in [-0.2, 0) is 8.47 Å². The van der Waals surface area contributed by atoms with Crippen molar-refractivity contribution in [3.63, 3.8) is 0 Å². The van der Waals surface area contributed by atoms with Crippen LogP contribution in [0.4, 0.5) is 5.82 Å². The van der Waals surface area contributed by atoms with E-state index < -0.39 is 5.97 Å². The van der Waals surface area contributed by atoms with Gasteiger partial charge in [0.15, 0.2) is 5.82 Å². The Balaban J connectivity index is 0.00000225. The highest BCUT2D eigenvalue weighted by atomic mass is 35.5. The van der Waals surface area contributed by atoms with Gasteiger partial charge in [-0.15, -0.1) is 0 Å². The highest BCUT2D eigenvalue weighted by Crippen LogP contribution is 2.20. The highest BCUT2D eigenvalue weighted by molar-refractivity contribution is 7.96. The van der Waals surface area contributed by atoms with Crippen LogP contribution in [-0.4, -0.2) is 29.8 Å². The minimum atomic E-state index is -0.443. The van der Waals surface area contributed by atoms with Crippen molar-refractivity contribution in [2.75, 3.05) is 18.0 Å². The van der Waals surface area contributed by atoms with Crippen LogP contribution in [0.25, 0.3) is 0 Å². The van der Waals surface area contributed by atoms with E-state index in [0.29, 0.717) is 12.4 Å². The van der Waals surface area contributed by atoms with Crippen molar-refractivity contribution < 1.29 is 13.3 Å². The monoisotopic (exact) mass is 285 g/mol. The summed E-state index contributed by atoms with van der Waals surface area (Å²) in [4.78, 5) is 11.3. The van der Waals surface area contributed by atoms with Gasteiger partial charge in [-0.25, -0.2) is 4.79 Å². The van der Waals surface area contributed by atoms with Crippen molar-refractivity contribution in [1.29, 1.82) is 0 Å². The summed E-state index contributed by atoms with van der Waals surface area (Å²) in [5, 5.41) is 6.43. The second-order valence-corrected chi connectivity index (χ2v) is 3.70. The summed E-state index contributed by atoms with van der Waals surface area (Å²) in [7, 11) is 1.69. The van der Waals surface area contributed by atoms with E-state index in [1.807, 2.05) is 0 Å². The van der Waals surface area contributed by atoms with Gasteiger partial charge in [-0.3, -0.25) is 9.40 Å². The number of esters is 1. The molecule has 92 valence electrons. The maximum absolute atomic E-state index is 11.3. The third-order valence-electron chi connectivity index (χ3n) is 1.52. The molecule has 0 bridgehead atoms. The second-order valence-electron chi connectivity index (χ2n) is 2.50. The normalized spacial score (nSPS) is 9.44. The van der Waals surface area contributed by atoms with Crippen LogP contribution in [0.3, 0.4) is 0 Å². The molecule has 0 amide bonds. The van der Waals surface area contributed by atoms with Gasteiger partial charge in [0.05, 0.1) is 18.5 Å². The van der Waals surface area contributed by atoms with Gasteiger partial charge >= 0.3 is 5.97 Å². The van der Waals surface area contributed by atoms with Crippen LogP contribution < -0.4 is 4.31 Å². The molecule has 1 aromatic rings. The van der Waals surface area contributed by atoms with E-state index in [9.17, 15) is 4.79 Å². The van der Waals surface area contributed by atoms with Crippen molar-refractivity contribution >= 4 is 49.4 Å². The van der Waals surface area contributed by atoms with Crippen molar-refractivity contribution in [2.24, 2.45) is 0 Å². The molecule has 0 aliphatic rings.